The molecule has 1 aliphatic heterocycles. The van der Waals surface area contributed by atoms with Gasteiger partial charge >= 0.3 is 0 Å². The maximum Gasteiger partial charge on any atom is 0.272 e. The van der Waals surface area contributed by atoms with Gasteiger partial charge in [-0.3, -0.25) is 5.10 Å². The van der Waals surface area contributed by atoms with Gasteiger partial charge in [0.1, 0.15) is 0 Å². The second-order valence-corrected chi connectivity index (χ2v) is 4.91. The van der Waals surface area contributed by atoms with Crippen LogP contribution in [0.1, 0.15) is 24.0 Å². The van der Waals surface area contributed by atoms with E-state index in [-0.39, 0.29) is 12.0 Å². The lowest BCUT2D eigenvalue weighted by Gasteiger charge is -2.23. The fourth-order valence-electron chi connectivity index (χ4n) is 2.49. The molecule has 0 saturated carbocycles. The van der Waals surface area contributed by atoms with E-state index in [0.717, 1.165) is 22.7 Å². The van der Waals surface area contributed by atoms with Gasteiger partial charge in [-0.1, -0.05) is 29.8 Å². The van der Waals surface area contributed by atoms with Crippen molar-refractivity contribution in [1.29, 1.82) is 0 Å². The van der Waals surface area contributed by atoms with E-state index in [1.54, 1.807) is 6.20 Å². The molecule has 3 rings (SSSR count). The molecule has 1 aromatic heterocycles. The molecule has 2 atom stereocenters. The molecule has 1 aliphatic rings. The Labute approximate surface area is 116 Å². The Bertz CT molecular complexity index is 695. The predicted octanol–water partition coefficient (Wildman–Crippen LogP) is 3.59. The number of aromatic nitrogens is 2. The van der Waals surface area contributed by atoms with Gasteiger partial charge in [0, 0.05) is 10.6 Å². The minimum atomic E-state index is -0.329. The zero-order chi connectivity index (χ0) is 13.4. The summed E-state index contributed by atoms with van der Waals surface area (Å²) in [4.78, 5) is 8.13. The van der Waals surface area contributed by atoms with Gasteiger partial charge in [0.05, 0.1) is 17.8 Å². The lowest BCUT2D eigenvalue weighted by atomic mass is 9.83. The van der Waals surface area contributed by atoms with Gasteiger partial charge in [-0.05, 0) is 18.6 Å². The van der Waals surface area contributed by atoms with Crippen molar-refractivity contribution in [3.63, 3.8) is 0 Å². The zero-order valence-electron chi connectivity index (χ0n) is 10.3. The summed E-state index contributed by atoms with van der Waals surface area (Å²) in [6, 6.07) is 7.30. The standard InChI is InChI=1S/C14H11ClN4/c1-8-13(16-2)12(9-5-3-4-6-11(9)15)10-7-17-19-14(10)18-8/h3-7,12-13H,1H3,(H,17,19). The summed E-state index contributed by atoms with van der Waals surface area (Å²) in [6.07, 6.45) is 1.73. The van der Waals surface area contributed by atoms with Crippen molar-refractivity contribution in [3.05, 3.63) is 58.0 Å². The van der Waals surface area contributed by atoms with E-state index in [1.165, 1.54) is 0 Å². The van der Waals surface area contributed by atoms with Crippen molar-refractivity contribution in [1.82, 2.24) is 10.2 Å². The van der Waals surface area contributed by atoms with Crippen molar-refractivity contribution >= 4 is 23.1 Å². The average molecular weight is 271 g/mol. The molecule has 0 saturated heterocycles. The Morgan fingerprint density at radius 2 is 2.11 bits per heavy atom. The maximum absolute atomic E-state index is 7.44. The van der Waals surface area contributed by atoms with E-state index in [0.29, 0.717) is 5.02 Å². The third-order valence-electron chi connectivity index (χ3n) is 3.39. The van der Waals surface area contributed by atoms with Gasteiger partial charge in [0.15, 0.2) is 5.82 Å². The molecule has 4 nitrogen and oxygen atoms in total. The molecule has 1 aromatic carbocycles. The molecule has 0 amide bonds. The highest BCUT2D eigenvalue weighted by molar-refractivity contribution is 6.31. The molecule has 94 valence electrons. The number of benzene rings is 1. The van der Waals surface area contributed by atoms with Crippen molar-refractivity contribution in [2.24, 2.45) is 4.99 Å². The van der Waals surface area contributed by atoms with Crippen LogP contribution >= 0.6 is 11.6 Å². The van der Waals surface area contributed by atoms with E-state index in [9.17, 15) is 0 Å². The molecule has 19 heavy (non-hydrogen) atoms. The first-order valence-electron chi connectivity index (χ1n) is 5.92. The van der Waals surface area contributed by atoms with Gasteiger partial charge in [0.25, 0.3) is 6.04 Å². The van der Waals surface area contributed by atoms with Crippen LogP contribution in [-0.4, -0.2) is 22.0 Å². The van der Waals surface area contributed by atoms with Crippen LogP contribution in [0.2, 0.25) is 5.02 Å². The number of H-pyrrole nitrogens is 1. The second-order valence-electron chi connectivity index (χ2n) is 4.50. The minimum absolute atomic E-state index is 0.113. The van der Waals surface area contributed by atoms with E-state index >= 15 is 0 Å². The summed E-state index contributed by atoms with van der Waals surface area (Å²) < 4.78 is 0. The maximum atomic E-state index is 7.44. The van der Waals surface area contributed by atoms with Gasteiger partial charge in [-0.2, -0.15) is 5.10 Å². The number of nitrogens with one attached hydrogen (secondary N) is 1. The summed E-state index contributed by atoms with van der Waals surface area (Å²) in [5.74, 6) is 0.611. The Kier molecular flexibility index (Phi) is 2.84. The quantitative estimate of drug-likeness (QED) is 0.791. The van der Waals surface area contributed by atoms with Crippen LogP contribution in [0.4, 0.5) is 5.82 Å². The summed E-state index contributed by atoms with van der Waals surface area (Å²) in [6.45, 7) is 9.31. The van der Waals surface area contributed by atoms with Crippen LogP contribution in [-0.2, 0) is 0 Å². The monoisotopic (exact) mass is 270 g/mol. The number of aliphatic imine (C=N–C) groups is 1. The van der Waals surface area contributed by atoms with Crippen molar-refractivity contribution < 1.29 is 0 Å². The number of rotatable bonds is 1. The van der Waals surface area contributed by atoms with Gasteiger partial charge in [-0.25, -0.2) is 11.6 Å². The Morgan fingerprint density at radius 3 is 2.84 bits per heavy atom. The number of aromatic amines is 1. The van der Waals surface area contributed by atoms with Gasteiger partial charge in [-0.15, -0.1) is 0 Å². The fourth-order valence-corrected chi connectivity index (χ4v) is 2.75. The average Bonchev–Trinajstić information content (AvgIpc) is 2.85. The molecular weight excluding hydrogens is 260 g/mol. The highest BCUT2D eigenvalue weighted by Crippen LogP contribution is 2.41. The Balaban J connectivity index is 2.22. The van der Waals surface area contributed by atoms with Crippen molar-refractivity contribution in [2.45, 2.75) is 18.9 Å². The molecule has 0 aliphatic carbocycles. The van der Waals surface area contributed by atoms with Crippen LogP contribution in [0.3, 0.4) is 0 Å². The van der Waals surface area contributed by atoms with E-state index in [1.807, 2.05) is 31.2 Å². The first kappa shape index (κ1) is 11.9. The predicted molar refractivity (Wildman–Crippen MR) is 75.0 cm³/mol. The molecule has 2 heterocycles. The van der Waals surface area contributed by atoms with Gasteiger partial charge < -0.3 is 4.85 Å². The molecule has 5 heteroatoms. The minimum Gasteiger partial charge on any atom is -0.306 e. The van der Waals surface area contributed by atoms with E-state index in [2.05, 4.69) is 20.0 Å². The normalized spacial score (nSPS) is 21.4. The molecule has 0 spiro atoms. The largest absolute Gasteiger partial charge is 0.306 e. The fraction of sp³-hybridized carbons (Fsp3) is 0.214. The number of halogens is 1. The van der Waals surface area contributed by atoms with Crippen LogP contribution in [0.15, 0.2) is 35.5 Å². The number of fused-ring (bicyclic) bond motifs is 1. The number of hydrogen-bond donors (Lipinski definition) is 1. The van der Waals surface area contributed by atoms with Gasteiger partial charge in [0.2, 0.25) is 0 Å². The number of hydrogen-bond acceptors (Lipinski definition) is 2. The summed E-state index contributed by atoms with van der Waals surface area (Å²) in [5.41, 5.74) is 2.67. The molecular formula is C14H11ClN4. The highest BCUT2D eigenvalue weighted by atomic mass is 35.5. The van der Waals surface area contributed by atoms with Crippen LogP contribution in [0.5, 0.6) is 0 Å². The van der Waals surface area contributed by atoms with E-state index in [4.69, 9.17) is 18.2 Å². The highest BCUT2D eigenvalue weighted by Gasteiger charge is 2.39. The Morgan fingerprint density at radius 1 is 1.32 bits per heavy atom. The van der Waals surface area contributed by atoms with Crippen LogP contribution in [0, 0.1) is 6.57 Å². The molecule has 2 aromatic rings. The van der Waals surface area contributed by atoms with Crippen LogP contribution < -0.4 is 0 Å². The molecule has 1 N–H and O–H groups in total. The SMILES string of the molecule is [C-]#[N+]C1C(C)=Nc2[nH]ncc2C1c1ccccc1Cl. The second kappa shape index (κ2) is 4.52. The van der Waals surface area contributed by atoms with Crippen molar-refractivity contribution in [3.8, 4) is 0 Å². The Hall–Kier alpha value is -2.12. The van der Waals surface area contributed by atoms with E-state index < -0.39 is 0 Å². The number of nitrogens with zero attached hydrogens (tertiary/aromatic N) is 3. The lowest BCUT2D eigenvalue weighted by molar-refractivity contribution is 0.790. The van der Waals surface area contributed by atoms with Crippen LogP contribution in [0.25, 0.3) is 4.85 Å². The summed E-state index contributed by atoms with van der Waals surface area (Å²) in [7, 11) is 0. The summed E-state index contributed by atoms with van der Waals surface area (Å²) >= 11 is 6.29. The molecule has 0 fully saturated rings. The first-order chi connectivity index (χ1) is 9.22. The third-order valence-corrected chi connectivity index (χ3v) is 3.74. The zero-order valence-corrected chi connectivity index (χ0v) is 11.0. The third kappa shape index (κ3) is 1.83. The topological polar surface area (TPSA) is 45.4 Å². The molecule has 0 bridgehead atoms. The molecule has 0 radical (unpaired) electrons. The summed E-state index contributed by atoms with van der Waals surface area (Å²) in [5, 5.41) is 7.57. The molecule has 2 unspecified atom stereocenters. The lowest BCUT2D eigenvalue weighted by Crippen LogP contribution is -2.27. The smallest absolute Gasteiger partial charge is 0.272 e. The first-order valence-corrected chi connectivity index (χ1v) is 6.29. The van der Waals surface area contributed by atoms with Crippen molar-refractivity contribution in [2.75, 3.05) is 0 Å².